The summed E-state index contributed by atoms with van der Waals surface area (Å²) in [5.41, 5.74) is 0.821. The first kappa shape index (κ1) is 20.5. The molecule has 4 heteroatoms. The van der Waals surface area contributed by atoms with Gasteiger partial charge >= 0.3 is 5.97 Å². The van der Waals surface area contributed by atoms with Crippen molar-refractivity contribution in [2.75, 3.05) is 0 Å². The van der Waals surface area contributed by atoms with Gasteiger partial charge in [-0.2, -0.15) is 0 Å². The van der Waals surface area contributed by atoms with Crippen molar-refractivity contribution < 1.29 is 19.7 Å². The minimum atomic E-state index is -0.920. The van der Waals surface area contributed by atoms with Crippen molar-refractivity contribution in [2.45, 2.75) is 57.0 Å². The van der Waals surface area contributed by atoms with Gasteiger partial charge in [0.05, 0.1) is 0 Å². The molecular weight excluding hydrogens is 376 g/mol. The zero-order valence-electron chi connectivity index (χ0n) is 17.5. The largest absolute Gasteiger partial charge is 0.512 e. The maximum Gasteiger partial charge on any atom is 0.318 e. The second-order valence-electron chi connectivity index (χ2n) is 8.57. The zero-order chi connectivity index (χ0) is 21.1. The lowest BCUT2D eigenvalue weighted by Gasteiger charge is -2.44. The van der Waals surface area contributed by atoms with E-state index in [4.69, 9.17) is 4.74 Å². The molecule has 158 valence electrons. The van der Waals surface area contributed by atoms with Crippen molar-refractivity contribution in [3.05, 3.63) is 77.6 Å². The van der Waals surface area contributed by atoms with Gasteiger partial charge in [-0.05, 0) is 42.5 Å². The van der Waals surface area contributed by atoms with Crippen LogP contribution in [0.1, 0.15) is 62.5 Å². The van der Waals surface area contributed by atoms with Crippen LogP contribution in [0.25, 0.3) is 0 Å². The fraction of sp³-hybridized carbons (Fsp3) is 0.423. The van der Waals surface area contributed by atoms with Gasteiger partial charge in [0.25, 0.3) is 0 Å². The Bertz CT molecular complexity index is 914. The second kappa shape index (κ2) is 8.55. The van der Waals surface area contributed by atoms with E-state index in [0.717, 1.165) is 36.8 Å². The molecule has 3 atom stereocenters. The Balaban J connectivity index is 1.77. The molecule has 1 fully saturated rings. The summed E-state index contributed by atoms with van der Waals surface area (Å²) in [6.07, 6.45) is 7.80. The van der Waals surface area contributed by atoms with Crippen LogP contribution in [0.3, 0.4) is 0 Å². The molecule has 2 aromatic rings. The molecule has 2 aliphatic rings. The Hall–Kier alpha value is -2.75. The summed E-state index contributed by atoms with van der Waals surface area (Å²) in [6, 6.07) is 16.7. The van der Waals surface area contributed by atoms with E-state index in [1.165, 1.54) is 6.42 Å². The third-order valence-corrected chi connectivity index (χ3v) is 6.78. The maximum absolute atomic E-state index is 13.4. The smallest absolute Gasteiger partial charge is 0.318 e. The van der Waals surface area contributed by atoms with Crippen molar-refractivity contribution >= 4 is 5.97 Å². The Labute approximate surface area is 178 Å². The lowest BCUT2D eigenvalue weighted by molar-refractivity contribution is -0.172. The molecule has 2 N–H and O–H groups in total. The molecule has 0 bridgehead atoms. The highest BCUT2D eigenvalue weighted by molar-refractivity contribution is 5.79. The molecule has 0 radical (unpaired) electrons. The van der Waals surface area contributed by atoms with Crippen LogP contribution in [-0.2, 0) is 15.1 Å². The number of phenolic OH excluding ortho intramolecular Hbond substituents is 1. The van der Waals surface area contributed by atoms with Crippen LogP contribution in [0.4, 0.5) is 0 Å². The molecule has 1 aliphatic heterocycles. The van der Waals surface area contributed by atoms with E-state index in [9.17, 15) is 15.0 Å². The van der Waals surface area contributed by atoms with Gasteiger partial charge in [-0.15, -0.1) is 0 Å². The molecule has 0 saturated heterocycles. The topological polar surface area (TPSA) is 66.8 Å². The van der Waals surface area contributed by atoms with Gasteiger partial charge < -0.3 is 14.9 Å². The van der Waals surface area contributed by atoms with Crippen molar-refractivity contribution in [1.82, 2.24) is 0 Å². The predicted molar refractivity (Wildman–Crippen MR) is 116 cm³/mol. The summed E-state index contributed by atoms with van der Waals surface area (Å²) in [5, 5.41) is 21.1. The number of rotatable bonds is 5. The molecule has 1 aliphatic carbocycles. The van der Waals surface area contributed by atoms with Crippen LogP contribution < -0.4 is 0 Å². The van der Waals surface area contributed by atoms with Crippen molar-refractivity contribution in [2.24, 2.45) is 11.8 Å². The maximum atomic E-state index is 13.4. The van der Waals surface area contributed by atoms with Gasteiger partial charge in [0.2, 0.25) is 0 Å². The van der Waals surface area contributed by atoms with Crippen molar-refractivity contribution in [3.8, 4) is 5.75 Å². The third-order valence-electron chi connectivity index (χ3n) is 6.78. The van der Waals surface area contributed by atoms with E-state index in [1.54, 1.807) is 24.3 Å². The number of ether oxygens (including phenoxy) is 1. The van der Waals surface area contributed by atoms with Crippen LogP contribution in [0.2, 0.25) is 0 Å². The minimum Gasteiger partial charge on any atom is -0.512 e. The monoisotopic (exact) mass is 406 g/mol. The zero-order valence-corrected chi connectivity index (χ0v) is 17.5. The van der Waals surface area contributed by atoms with Gasteiger partial charge in [0, 0.05) is 17.9 Å². The van der Waals surface area contributed by atoms with E-state index in [2.05, 4.69) is 0 Å². The normalized spacial score (nSPS) is 26.0. The lowest BCUT2D eigenvalue weighted by atomic mass is 9.70. The molecule has 4 rings (SSSR count). The van der Waals surface area contributed by atoms with Gasteiger partial charge in [-0.3, -0.25) is 4.79 Å². The Morgan fingerprint density at radius 3 is 2.40 bits per heavy atom. The number of cyclic esters (lactones) is 1. The minimum absolute atomic E-state index is 0.0795. The van der Waals surface area contributed by atoms with Crippen molar-refractivity contribution in [1.29, 1.82) is 0 Å². The first-order chi connectivity index (χ1) is 14.5. The number of esters is 1. The standard InChI is InChI=1S/C26H30O4/c1-2-22(18-10-9-15-21(27)16-18)24-23(28)17-26(30-25(24)29,19-11-5-3-6-12-19)20-13-7-4-8-14-20/h3,5-6,9-12,15-17,20,22,24,27-28H,2,4,7-8,13-14H2,1H3. The number of carbonyl (C=O) groups is 1. The summed E-state index contributed by atoms with van der Waals surface area (Å²) < 4.78 is 6.28. The molecule has 1 saturated carbocycles. The van der Waals surface area contributed by atoms with E-state index in [0.29, 0.717) is 6.42 Å². The van der Waals surface area contributed by atoms with E-state index >= 15 is 0 Å². The SMILES string of the molecule is CCC(c1cccc(O)c1)C1C(=O)OC(c2ccccc2)(C2CCCCC2)C=C1O. The van der Waals surface area contributed by atoms with Crippen LogP contribution in [0, 0.1) is 11.8 Å². The summed E-state index contributed by atoms with van der Waals surface area (Å²) in [7, 11) is 0. The Morgan fingerprint density at radius 1 is 1.03 bits per heavy atom. The summed E-state index contributed by atoms with van der Waals surface area (Å²) in [6.45, 7) is 1.98. The number of benzene rings is 2. The number of hydrogen-bond acceptors (Lipinski definition) is 4. The van der Waals surface area contributed by atoms with Gasteiger partial charge in [0.15, 0.2) is 5.60 Å². The molecule has 2 aromatic carbocycles. The van der Waals surface area contributed by atoms with E-state index in [-0.39, 0.29) is 29.3 Å². The van der Waals surface area contributed by atoms with E-state index < -0.39 is 11.5 Å². The average Bonchev–Trinajstić information content (AvgIpc) is 2.77. The first-order valence-electron chi connectivity index (χ1n) is 11.0. The first-order valence-corrected chi connectivity index (χ1v) is 11.0. The number of hydrogen-bond donors (Lipinski definition) is 2. The van der Waals surface area contributed by atoms with Crippen LogP contribution >= 0.6 is 0 Å². The lowest BCUT2D eigenvalue weighted by Crippen LogP contribution is -2.46. The quantitative estimate of drug-likeness (QED) is 0.600. The van der Waals surface area contributed by atoms with Crippen LogP contribution in [-0.4, -0.2) is 16.2 Å². The number of aliphatic hydroxyl groups excluding tert-OH is 1. The fourth-order valence-electron chi connectivity index (χ4n) is 5.29. The molecule has 1 heterocycles. The molecule has 4 nitrogen and oxygen atoms in total. The van der Waals surface area contributed by atoms with Crippen LogP contribution in [0.5, 0.6) is 5.75 Å². The highest BCUT2D eigenvalue weighted by Crippen LogP contribution is 2.49. The summed E-state index contributed by atoms with van der Waals surface area (Å²) in [4.78, 5) is 13.4. The number of carbonyl (C=O) groups excluding carboxylic acids is 1. The summed E-state index contributed by atoms with van der Waals surface area (Å²) >= 11 is 0. The van der Waals surface area contributed by atoms with Gasteiger partial charge in [-0.1, -0.05) is 68.7 Å². The second-order valence-corrected chi connectivity index (χ2v) is 8.57. The van der Waals surface area contributed by atoms with Crippen LogP contribution in [0.15, 0.2) is 66.4 Å². The van der Waals surface area contributed by atoms with Gasteiger partial charge in [-0.25, -0.2) is 0 Å². The van der Waals surface area contributed by atoms with E-state index in [1.807, 2.05) is 43.3 Å². The Morgan fingerprint density at radius 2 is 1.77 bits per heavy atom. The highest BCUT2D eigenvalue weighted by atomic mass is 16.6. The average molecular weight is 407 g/mol. The molecule has 30 heavy (non-hydrogen) atoms. The molecule has 3 unspecified atom stereocenters. The highest BCUT2D eigenvalue weighted by Gasteiger charge is 2.50. The summed E-state index contributed by atoms with van der Waals surface area (Å²) in [5.74, 6) is -1.03. The molecule has 0 amide bonds. The molecule has 0 spiro atoms. The number of aromatic hydroxyl groups is 1. The van der Waals surface area contributed by atoms with Crippen molar-refractivity contribution in [3.63, 3.8) is 0 Å². The number of aliphatic hydroxyl groups is 1. The third kappa shape index (κ3) is 3.71. The van der Waals surface area contributed by atoms with Gasteiger partial charge in [0.1, 0.15) is 17.4 Å². The molecule has 0 aromatic heterocycles. The Kier molecular flexibility index (Phi) is 5.85. The number of phenols is 1. The molecular formula is C26H30O4. The predicted octanol–water partition coefficient (Wildman–Crippen LogP) is 5.98. The fourth-order valence-corrected chi connectivity index (χ4v) is 5.29.